The third-order valence-electron chi connectivity index (χ3n) is 4.72. The van der Waals surface area contributed by atoms with Gasteiger partial charge < -0.3 is 9.47 Å². The summed E-state index contributed by atoms with van der Waals surface area (Å²) in [6, 6.07) is 4.81. The van der Waals surface area contributed by atoms with Gasteiger partial charge in [0.2, 0.25) is 11.8 Å². The molecule has 1 aliphatic carbocycles. The molecule has 1 aromatic rings. The molecular weight excluding hydrogens is 381 g/mol. The van der Waals surface area contributed by atoms with E-state index in [2.05, 4.69) is 0 Å². The molecule has 8 heteroatoms. The van der Waals surface area contributed by atoms with Crippen LogP contribution >= 0.6 is 23.2 Å². The third-order valence-corrected chi connectivity index (χ3v) is 5.25. The predicted molar refractivity (Wildman–Crippen MR) is 95.1 cm³/mol. The number of nitrogens with zero attached hydrogens (tertiary/aromatic N) is 1. The summed E-state index contributed by atoms with van der Waals surface area (Å²) >= 11 is 11.8. The quantitative estimate of drug-likeness (QED) is 0.417. The van der Waals surface area contributed by atoms with Gasteiger partial charge in [0, 0.05) is 5.02 Å². The van der Waals surface area contributed by atoms with Crippen LogP contribution in [0.25, 0.3) is 0 Å². The molecule has 2 unspecified atom stereocenters. The number of benzene rings is 1. The summed E-state index contributed by atoms with van der Waals surface area (Å²) < 4.78 is 10.5. The number of rotatable bonds is 6. The van der Waals surface area contributed by atoms with Crippen molar-refractivity contribution in [2.24, 2.45) is 11.8 Å². The summed E-state index contributed by atoms with van der Waals surface area (Å²) in [5, 5.41) is 0.856. The van der Waals surface area contributed by atoms with Gasteiger partial charge in [-0.1, -0.05) is 36.0 Å². The lowest BCUT2D eigenvalue weighted by Crippen LogP contribution is -2.37. The van der Waals surface area contributed by atoms with Crippen LogP contribution in [-0.4, -0.2) is 42.4 Å². The average molecular weight is 400 g/mol. The van der Waals surface area contributed by atoms with Crippen molar-refractivity contribution in [3.8, 4) is 5.75 Å². The highest BCUT2D eigenvalue weighted by atomic mass is 35.5. The summed E-state index contributed by atoms with van der Waals surface area (Å²) in [7, 11) is 0. The van der Waals surface area contributed by atoms with Crippen molar-refractivity contribution in [1.29, 1.82) is 0 Å². The second-order valence-electron chi connectivity index (χ2n) is 6.40. The SMILES string of the molecule is O=C(CN1C(=O)C2CCCCC2C1=O)OCCOc1ccc(Cl)cc1Cl. The van der Waals surface area contributed by atoms with Crippen LogP contribution < -0.4 is 4.74 Å². The standard InChI is InChI=1S/C18H19Cl2NO5/c19-11-5-6-15(14(20)9-11)25-7-8-26-16(22)10-21-17(23)12-3-1-2-4-13(12)18(21)24/h5-6,9,12-13H,1-4,7-8,10H2. The van der Waals surface area contributed by atoms with E-state index < -0.39 is 5.97 Å². The van der Waals surface area contributed by atoms with Gasteiger partial charge in [-0.25, -0.2) is 0 Å². The Labute approximate surface area is 161 Å². The molecule has 0 radical (unpaired) electrons. The number of ether oxygens (including phenoxy) is 2. The first-order valence-electron chi connectivity index (χ1n) is 8.56. The van der Waals surface area contributed by atoms with Crippen molar-refractivity contribution in [2.45, 2.75) is 25.7 Å². The molecule has 2 atom stereocenters. The molecule has 2 amide bonds. The van der Waals surface area contributed by atoms with Crippen LogP contribution in [0, 0.1) is 11.8 Å². The maximum absolute atomic E-state index is 12.3. The number of esters is 1. The van der Waals surface area contributed by atoms with Gasteiger partial charge >= 0.3 is 5.97 Å². The fourth-order valence-electron chi connectivity index (χ4n) is 3.46. The number of fused-ring (bicyclic) bond motifs is 1. The lowest BCUT2D eigenvalue weighted by Gasteiger charge is -2.19. The summed E-state index contributed by atoms with van der Waals surface area (Å²) in [6.07, 6.45) is 3.33. The van der Waals surface area contributed by atoms with Crippen molar-refractivity contribution in [2.75, 3.05) is 19.8 Å². The van der Waals surface area contributed by atoms with Crippen molar-refractivity contribution >= 4 is 41.0 Å². The van der Waals surface area contributed by atoms with E-state index in [1.165, 1.54) is 0 Å². The first-order valence-corrected chi connectivity index (χ1v) is 9.31. The van der Waals surface area contributed by atoms with E-state index in [9.17, 15) is 14.4 Å². The first kappa shape index (κ1) is 19.0. The Morgan fingerprint density at radius 2 is 1.73 bits per heavy atom. The summed E-state index contributed by atoms with van der Waals surface area (Å²) in [5.41, 5.74) is 0. The van der Waals surface area contributed by atoms with E-state index >= 15 is 0 Å². The van der Waals surface area contributed by atoms with Crippen molar-refractivity contribution in [3.63, 3.8) is 0 Å². The minimum absolute atomic E-state index is 0.0130. The molecule has 1 saturated heterocycles. The largest absolute Gasteiger partial charge is 0.488 e. The summed E-state index contributed by atoms with van der Waals surface area (Å²) in [6.45, 7) is -0.256. The maximum atomic E-state index is 12.3. The number of likely N-dealkylation sites (tertiary alicyclic amines) is 1. The van der Waals surface area contributed by atoms with Gasteiger partial charge in [-0.2, -0.15) is 0 Å². The van der Waals surface area contributed by atoms with E-state index in [-0.39, 0.29) is 43.4 Å². The zero-order chi connectivity index (χ0) is 18.7. The minimum atomic E-state index is -0.629. The first-order chi connectivity index (χ1) is 12.5. The molecule has 1 saturated carbocycles. The van der Waals surface area contributed by atoms with Crippen LogP contribution in [0.15, 0.2) is 18.2 Å². The molecular formula is C18H19Cl2NO5. The van der Waals surface area contributed by atoms with Gasteiger partial charge in [-0.15, -0.1) is 0 Å². The average Bonchev–Trinajstić information content (AvgIpc) is 2.85. The number of amides is 2. The van der Waals surface area contributed by atoms with Gasteiger partial charge in [-0.3, -0.25) is 19.3 Å². The van der Waals surface area contributed by atoms with E-state index in [1.54, 1.807) is 18.2 Å². The molecule has 140 valence electrons. The van der Waals surface area contributed by atoms with E-state index in [4.69, 9.17) is 32.7 Å². The fourth-order valence-corrected chi connectivity index (χ4v) is 3.92. The monoisotopic (exact) mass is 399 g/mol. The Hall–Kier alpha value is -1.79. The number of imide groups is 1. The van der Waals surface area contributed by atoms with Crippen LogP contribution in [0.3, 0.4) is 0 Å². The van der Waals surface area contributed by atoms with Crippen molar-refractivity contribution < 1.29 is 23.9 Å². The highest BCUT2D eigenvalue weighted by Crippen LogP contribution is 2.37. The Bertz CT molecular complexity index is 700. The molecule has 2 aliphatic rings. The topological polar surface area (TPSA) is 72.9 Å². The highest BCUT2D eigenvalue weighted by Gasteiger charge is 2.48. The molecule has 1 aromatic carbocycles. The number of hydrogen-bond donors (Lipinski definition) is 0. The fraction of sp³-hybridized carbons (Fsp3) is 0.500. The molecule has 1 heterocycles. The smallest absolute Gasteiger partial charge is 0.326 e. The minimum Gasteiger partial charge on any atom is -0.488 e. The lowest BCUT2D eigenvalue weighted by atomic mass is 9.81. The Morgan fingerprint density at radius 1 is 1.08 bits per heavy atom. The van der Waals surface area contributed by atoms with E-state index in [1.807, 2.05) is 0 Å². The number of carbonyl (C=O) groups excluding carboxylic acids is 3. The number of carbonyl (C=O) groups is 3. The van der Waals surface area contributed by atoms with Gasteiger partial charge in [0.15, 0.2) is 0 Å². The summed E-state index contributed by atoms with van der Waals surface area (Å²) in [5.74, 6) is -1.22. The molecule has 0 bridgehead atoms. The predicted octanol–water partition coefficient (Wildman–Crippen LogP) is 3.09. The van der Waals surface area contributed by atoms with Gasteiger partial charge in [0.05, 0.1) is 16.9 Å². The van der Waals surface area contributed by atoms with Crippen LogP contribution in [0.5, 0.6) is 5.75 Å². The lowest BCUT2D eigenvalue weighted by molar-refractivity contribution is -0.153. The van der Waals surface area contributed by atoms with Crippen LogP contribution in [0.1, 0.15) is 25.7 Å². The Balaban J connectivity index is 1.44. The second kappa shape index (κ2) is 8.27. The molecule has 2 fully saturated rings. The highest BCUT2D eigenvalue weighted by molar-refractivity contribution is 6.35. The van der Waals surface area contributed by atoms with Crippen LogP contribution in [-0.2, 0) is 19.1 Å². The third kappa shape index (κ3) is 4.13. The van der Waals surface area contributed by atoms with Crippen molar-refractivity contribution in [1.82, 2.24) is 4.90 Å². The van der Waals surface area contributed by atoms with Crippen molar-refractivity contribution in [3.05, 3.63) is 28.2 Å². The number of halogens is 2. The zero-order valence-corrected chi connectivity index (χ0v) is 15.6. The molecule has 0 spiro atoms. The molecule has 1 aliphatic heterocycles. The van der Waals surface area contributed by atoms with Gasteiger partial charge in [-0.05, 0) is 31.0 Å². The number of hydrogen-bond acceptors (Lipinski definition) is 5. The molecule has 3 rings (SSSR count). The van der Waals surface area contributed by atoms with Gasteiger partial charge in [0.1, 0.15) is 25.5 Å². The van der Waals surface area contributed by atoms with E-state index in [0.717, 1.165) is 30.6 Å². The molecule has 0 aromatic heterocycles. The zero-order valence-electron chi connectivity index (χ0n) is 14.1. The Kier molecular flexibility index (Phi) is 6.04. The molecule has 26 heavy (non-hydrogen) atoms. The maximum Gasteiger partial charge on any atom is 0.326 e. The Morgan fingerprint density at radius 3 is 2.35 bits per heavy atom. The van der Waals surface area contributed by atoms with Crippen LogP contribution in [0.2, 0.25) is 10.0 Å². The molecule has 0 N–H and O–H groups in total. The van der Waals surface area contributed by atoms with E-state index in [0.29, 0.717) is 15.8 Å². The van der Waals surface area contributed by atoms with Crippen LogP contribution in [0.4, 0.5) is 0 Å². The molecule has 6 nitrogen and oxygen atoms in total. The summed E-state index contributed by atoms with van der Waals surface area (Å²) in [4.78, 5) is 37.6. The normalized spacial score (nSPS) is 22.3. The second-order valence-corrected chi connectivity index (χ2v) is 7.25. The van der Waals surface area contributed by atoms with Gasteiger partial charge in [0.25, 0.3) is 0 Å².